The molecule has 0 radical (unpaired) electrons. The molecule has 232 valence electrons. The molecule has 0 unspecified atom stereocenters. The molecule has 1 aromatic heterocycles. The minimum Gasteiger partial charge on any atom is -0.279 e. The van der Waals surface area contributed by atoms with Crippen molar-refractivity contribution < 1.29 is 0 Å². The zero-order valence-corrected chi connectivity index (χ0v) is 26.7. The number of rotatable bonds is 6. The molecule has 0 bridgehead atoms. The number of benzene rings is 4. The second-order valence-corrected chi connectivity index (χ2v) is 12.0. The molecule has 0 saturated carbocycles. The zero-order valence-electron chi connectivity index (χ0n) is 26.7. The first kappa shape index (κ1) is 29.3. The van der Waals surface area contributed by atoms with Crippen LogP contribution in [-0.2, 0) is 0 Å². The molecule has 0 spiro atoms. The number of nitrogens with zero attached hydrogens (tertiary/aromatic N) is 5. The molecule has 1 aliphatic heterocycles. The number of hydrogen-bond donors (Lipinski definition) is 0. The molecule has 2 heterocycles. The molecule has 8 rings (SSSR count). The molecule has 0 amide bonds. The van der Waals surface area contributed by atoms with Crippen molar-refractivity contribution in [3.05, 3.63) is 186 Å². The Morgan fingerprint density at radius 2 is 1.08 bits per heavy atom. The van der Waals surface area contributed by atoms with E-state index in [4.69, 9.17) is 15.0 Å². The van der Waals surface area contributed by atoms with Crippen LogP contribution in [-0.4, -0.2) is 15.0 Å². The first-order valence-corrected chi connectivity index (χ1v) is 16.6. The summed E-state index contributed by atoms with van der Waals surface area (Å²) in [6.45, 7) is 0. The van der Waals surface area contributed by atoms with E-state index >= 15 is 0 Å². The first-order chi connectivity index (χ1) is 23.8. The second-order valence-electron chi connectivity index (χ2n) is 12.0. The standard InChI is InChI=1S/C43H35N5/c1-2-15-28-39-35(22-7-1)30-36-23-12-5-16-29-40(36)48(39)43-45-41(33-20-10-4-11-21-33)44-42(46-43)47(37-25-13-6-14-26-37)38-27-17-24-34(31-38)32-18-8-3-9-19-32/h3-4,6-29,31H,1-2,5,30H2/b22-7-,28-15-. The highest BCUT2D eigenvalue weighted by Gasteiger charge is 2.29. The Morgan fingerprint density at radius 3 is 1.83 bits per heavy atom. The molecule has 48 heavy (non-hydrogen) atoms. The molecule has 0 saturated heterocycles. The maximum atomic E-state index is 5.35. The van der Waals surface area contributed by atoms with Crippen molar-refractivity contribution in [3.8, 4) is 22.5 Å². The van der Waals surface area contributed by atoms with Crippen LogP contribution in [0.5, 0.6) is 0 Å². The highest BCUT2D eigenvalue weighted by Crippen LogP contribution is 2.41. The lowest BCUT2D eigenvalue weighted by Crippen LogP contribution is -2.29. The van der Waals surface area contributed by atoms with Crippen LogP contribution in [0.25, 0.3) is 22.5 Å². The average Bonchev–Trinajstić information content (AvgIpc) is 3.38. The van der Waals surface area contributed by atoms with Crippen LogP contribution in [0, 0.1) is 0 Å². The molecule has 5 aromatic rings. The van der Waals surface area contributed by atoms with Gasteiger partial charge in [-0.1, -0.05) is 127 Å². The lowest BCUT2D eigenvalue weighted by Gasteiger charge is -2.33. The van der Waals surface area contributed by atoms with Crippen molar-refractivity contribution in [2.75, 3.05) is 9.80 Å². The zero-order chi connectivity index (χ0) is 32.1. The van der Waals surface area contributed by atoms with E-state index in [2.05, 4.69) is 143 Å². The highest BCUT2D eigenvalue weighted by atomic mass is 15.4. The van der Waals surface area contributed by atoms with Gasteiger partial charge in [-0.15, -0.1) is 0 Å². The van der Waals surface area contributed by atoms with Crippen molar-refractivity contribution >= 4 is 23.3 Å². The van der Waals surface area contributed by atoms with Gasteiger partial charge in [0, 0.05) is 23.4 Å². The molecular weight excluding hydrogens is 587 g/mol. The smallest absolute Gasteiger partial charge is 0.240 e. The van der Waals surface area contributed by atoms with Crippen LogP contribution in [0.3, 0.4) is 0 Å². The molecular formula is C43H35N5. The Kier molecular flexibility index (Phi) is 8.16. The lowest BCUT2D eigenvalue weighted by atomic mass is 9.93. The Labute approximate surface area is 282 Å². The fourth-order valence-electron chi connectivity index (χ4n) is 6.43. The molecule has 0 N–H and O–H groups in total. The summed E-state index contributed by atoms with van der Waals surface area (Å²) in [6.07, 6.45) is 21.7. The molecule has 3 aliphatic rings. The monoisotopic (exact) mass is 621 g/mol. The van der Waals surface area contributed by atoms with Gasteiger partial charge in [-0.3, -0.25) is 9.80 Å². The van der Waals surface area contributed by atoms with Gasteiger partial charge in [0.15, 0.2) is 5.82 Å². The van der Waals surface area contributed by atoms with Crippen molar-refractivity contribution in [1.82, 2.24) is 15.0 Å². The summed E-state index contributed by atoms with van der Waals surface area (Å²) in [5, 5.41) is 0. The van der Waals surface area contributed by atoms with E-state index in [0.29, 0.717) is 17.7 Å². The topological polar surface area (TPSA) is 45.2 Å². The van der Waals surface area contributed by atoms with Gasteiger partial charge in [-0.05, 0) is 78.0 Å². The quantitative estimate of drug-likeness (QED) is 0.189. The van der Waals surface area contributed by atoms with E-state index < -0.39 is 0 Å². The minimum atomic E-state index is 0.545. The normalized spacial score (nSPS) is 16.8. The lowest BCUT2D eigenvalue weighted by molar-refractivity contribution is 0.909. The van der Waals surface area contributed by atoms with E-state index in [9.17, 15) is 0 Å². The third-order valence-electron chi connectivity index (χ3n) is 8.75. The summed E-state index contributed by atoms with van der Waals surface area (Å²) in [6, 6.07) is 39.6. The van der Waals surface area contributed by atoms with E-state index in [-0.39, 0.29) is 0 Å². The summed E-state index contributed by atoms with van der Waals surface area (Å²) in [5.74, 6) is 1.74. The first-order valence-electron chi connectivity index (χ1n) is 16.6. The van der Waals surface area contributed by atoms with Crippen molar-refractivity contribution in [1.29, 1.82) is 0 Å². The Morgan fingerprint density at radius 1 is 0.500 bits per heavy atom. The van der Waals surface area contributed by atoms with E-state index in [1.807, 2.05) is 30.3 Å². The van der Waals surface area contributed by atoms with Crippen LogP contribution >= 0.6 is 0 Å². The highest BCUT2D eigenvalue weighted by molar-refractivity contribution is 5.79. The Balaban J connectivity index is 1.37. The number of anilines is 4. The summed E-state index contributed by atoms with van der Waals surface area (Å²) in [7, 11) is 0. The average molecular weight is 622 g/mol. The number of para-hydroxylation sites is 1. The van der Waals surface area contributed by atoms with Crippen LogP contribution in [0.1, 0.15) is 25.7 Å². The maximum Gasteiger partial charge on any atom is 0.240 e. The van der Waals surface area contributed by atoms with Crippen molar-refractivity contribution in [3.63, 3.8) is 0 Å². The van der Waals surface area contributed by atoms with Crippen molar-refractivity contribution in [2.45, 2.75) is 25.7 Å². The van der Waals surface area contributed by atoms with Gasteiger partial charge in [-0.2, -0.15) is 15.0 Å². The van der Waals surface area contributed by atoms with Gasteiger partial charge in [0.2, 0.25) is 11.9 Å². The third-order valence-corrected chi connectivity index (χ3v) is 8.75. The Hall–Kier alpha value is -6.07. The molecule has 5 nitrogen and oxygen atoms in total. The minimum absolute atomic E-state index is 0.545. The number of hydrogen-bond acceptors (Lipinski definition) is 5. The van der Waals surface area contributed by atoms with Gasteiger partial charge in [0.05, 0.1) is 11.4 Å². The largest absolute Gasteiger partial charge is 0.279 e. The van der Waals surface area contributed by atoms with Crippen LogP contribution in [0.4, 0.5) is 23.3 Å². The predicted molar refractivity (Wildman–Crippen MR) is 197 cm³/mol. The van der Waals surface area contributed by atoms with Crippen LogP contribution in [0.15, 0.2) is 186 Å². The SMILES string of the molecule is C1=CC2=C(C=CC1)N(c1nc(-c3ccccc3)nc(N(c3ccccc3)c3cccc(-c4ccccc4)c3)n1)C1=C(/C=C\CC/C=C\1)C2. The van der Waals surface area contributed by atoms with E-state index in [1.54, 1.807) is 0 Å². The molecule has 0 atom stereocenters. The van der Waals surface area contributed by atoms with Gasteiger partial charge in [0.1, 0.15) is 0 Å². The van der Waals surface area contributed by atoms with Crippen molar-refractivity contribution in [2.24, 2.45) is 0 Å². The van der Waals surface area contributed by atoms with Gasteiger partial charge in [0.25, 0.3) is 0 Å². The predicted octanol–water partition coefficient (Wildman–Crippen LogP) is 10.8. The van der Waals surface area contributed by atoms with E-state index in [0.717, 1.165) is 65.1 Å². The summed E-state index contributed by atoms with van der Waals surface area (Å²) in [4.78, 5) is 20.1. The van der Waals surface area contributed by atoms with Crippen LogP contribution in [0.2, 0.25) is 0 Å². The van der Waals surface area contributed by atoms with Crippen LogP contribution < -0.4 is 9.80 Å². The fraction of sp³-hybridized carbons (Fsp3) is 0.0930. The second kappa shape index (κ2) is 13.3. The van der Waals surface area contributed by atoms with Gasteiger partial charge < -0.3 is 0 Å². The van der Waals surface area contributed by atoms with E-state index in [1.165, 1.54) is 11.1 Å². The molecule has 2 aliphatic carbocycles. The third kappa shape index (κ3) is 5.94. The fourth-order valence-corrected chi connectivity index (χ4v) is 6.43. The maximum absolute atomic E-state index is 5.35. The summed E-state index contributed by atoms with van der Waals surface area (Å²) < 4.78 is 0. The summed E-state index contributed by atoms with van der Waals surface area (Å²) in [5.41, 5.74) is 9.81. The molecule has 5 heteroatoms. The molecule has 4 aromatic carbocycles. The van der Waals surface area contributed by atoms with Gasteiger partial charge >= 0.3 is 0 Å². The Bertz CT molecular complexity index is 2120. The van der Waals surface area contributed by atoms with Gasteiger partial charge in [-0.25, -0.2) is 0 Å². The number of aromatic nitrogens is 3. The summed E-state index contributed by atoms with van der Waals surface area (Å²) >= 11 is 0. The molecule has 0 fully saturated rings. The number of allylic oxidation sites excluding steroid dienone is 10.